The highest BCUT2D eigenvalue weighted by Gasteiger charge is 2.49. The van der Waals surface area contributed by atoms with Crippen LogP contribution in [0.3, 0.4) is 0 Å². The fourth-order valence-electron chi connectivity index (χ4n) is 5.56. The van der Waals surface area contributed by atoms with Gasteiger partial charge in [0.2, 0.25) is 0 Å². The van der Waals surface area contributed by atoms with Gasteiger partial charge < -0.3 is 28.8 Å². The molecule has 8 heteroatoms. The first-order valence-corrected chi connectivity index (χ1v) is 18.4. The van der Waals surface area contributed by atoms with Crippen molar-refractivity contribution in [1.82, 2.24) is 0 Å². The van der Waals surface area contributed by atoms with Gasteiger partial charge in [0.15, 0.2) is 0 Å². The molecule has 2 aromatic rings. The Morgan fingerprint density at radius 2 is 1.29 bits per heavy atom. The largest absolute Gasteiger partial charge is 0.505 e. The van der Waals surface area contributed by atoms with Crippen LogP contribution < -0.4 is 0 Å². The number of phenols is 1. The minimum atomic E-state index is -0.543. The van der Waals surface area contributed by atoms with Crippen molar-refractivity contribution in [2.75, 3.05) is 33.0 Å². The van der Waals surface area contributed by atoms with E-state index in [4.69, 9.17) is 35.3 Å². The number of hydrogen-bond acceptors (Lipinski definition) is 6. The first-order chi connectivity index (χ1) is 21.9. The summed E-state index contributed by atoms with van der Waals surface area (Å²) in [7, 11) is 0. The lowest BCUT2D eigenvalue weighted by molar-refractivity contribution is -0.268. The van der Waals surface area contributed by atoms with E-state index in [0.717, 1.165) is 74.5 Å². The van der Waals surface area contributed by atoms with Crippen LogP contribution in [-0.2, 0) is 36.5 Å². The smallest absolute Gasteiger partial charge is 0.149 e. The molecule has 0 unspecified atom stereocenters. The average Bonchev–Trinajstić information content (AvgIpc) is 3.05. The molecule has 0 saturated carbocycles. The van der Waals surface area contributed by atoms with Crippen molar-refractivity contribution in [2.45, 2.75) is 129 Å². The van der Waals surface area contributed by atoms with Gasteiger partial charge in [-0.3, -0.25) is 0 Å². The van der Waals surface area contributed by atoms with Crippen molar-refractivity contribution in [3.8, 4) is 5.75 Å². The lowest BCUT2D eigenvalue weighted by Crippen LogP contribution is -2.58. The third-order valence-electron chi connectivity index (χ3n) is 8.40. The van der Waals surface area contributed by atoms with E-state index in [9.17, 15) is 5.11 Å². The molecule has 1 fully saturated rings. The van der Waals surface area contributed by atoms with Crippen molar-refractivity contribution >= 4 is 27.5 Å². The summed E-state index contributed by atoms with van der Waals surface area (Å²) in [6, 6.07) is 10.6. The van der Waals surface area contributed by atoms with Gasteiger partial charge in [0.1, 0.15) is 36.3 Å². The molecule has 1 N–H and O–H groups in total. The molecule has 0 amide bonds. The third-order valence-corrected chi connectivity index (χ3v) is 9.65. The van der Waals surface area contributed by atoms with Gasteiger partial charge in [0, 0.05) is 32.0 Å². The molecule has 5 atom stereocenters. The maximum Gasteiger partial charge on any atom is 0.149 e. The molecule has 0 radical (unpaired) electrons. The van der Waals surface area contributed by atoms with Crippen LogP contribution in [0.1, 0.15) is 114 Å². The topological polar surface area (TPSA) is 66.4 Å². The quantitative estimate of drug-likeness (QED) is 0.130. The highest BCUT2D eigenvalue weighted by atomic mass is 79.9. The van der Waals surface area contributed by atoms with E-state index < -0.39 is 12.2 Å². The molecule has 1 aliphatic heterocycles. The molecule has 1 saturated heterocycles. The summed E-state index contributed by atoms with van der Waals surface area (Å²) in [5, 5.41) is 11.6. The number of halogens is 2. The first kappa shape index (κ1) is 38.3. The standard InChI is InChI=1S/C37H56BrClO6/c1-6-11-19-41-25-30-35(42-20-12-7-2)37(44-22-14-9-4)36(43-21-13-8-3)34(45-30)29-24-28(32(39)33(40)31(29)38)23-27-17-15-26(10-5)16-18-27/h15-18,24,30,34-37,40H,6-14,19-23,25H2,1-5H3/t30-,34+,35-,36+,37+/m1/s1. The Morgan fingerprint density at radius 3 is 1.87 bits per heavy atom. The lowest BCUT2D eigenvalue weighted by atomic mass is 9.89. The van der Waals surface area contributed by atoms with Crippen LogP contribution in [0.25, 0.3) is 0 Å². The third kappa shape index (κ3) is 11.2. The van der Waals surface area contributed by atoms with Crippen LogP contribution in [-0.4, -0.2) is 62.6 Å². The molecule has 3 rings (SSSR count). The predicted octanol–water partition coefficient (Wildman–Crippen LogP) is 9.77. The fourth-order valence-corrected chi connectivity index (χ4v) is 6.43. The monoisotopic (exact) mass is 710 g/mol. The van der Waals surface area contributed by atoms with E-state index in [1.54, 1.807) is 0 Å². The van der Waals surface area contributed by atoms with Crippen molar-refractivity contribution < 1.29 is 28.8 Å². The Bertz CT molecular complexity index is 1110. The Morgan fingerprint density at radius 1 is 0.756 bits per heavy atom. The number of rotatable bonds is 21. The number of ether oxygens (including phenoxy) is 5. The van der Waals surface area contributed by atoms with Gasteiger partial charge in [0.25, 0.3) is 0 Å². The van der Waals surface area contributed by atoms with Crippen LogP contribution in [0, 0.1) is 0 Å². The SMILES string of the molecule is CCCCOC[C@H]1O[C@@H](c2cc(Cc3ccc(CC)cc3)c(Cl)c(O)c2Br)[C@H](OCCCC)[C@@H](OCCCC)[C@@H]1OCCCC. The lowest BCUT2D eigenvalue weighted by Gasteiger charge is -2.46. The van der Waals surface area contributed by atoms with Crippen molar-refractivity contribution in [3.05, 3.63) is 62.1 Å². The van der Waals surface area contributed by atoms with Crippen molar-refractivity contribution in [1.29, 1.82) is 0 Å². The molecule has 45 heavy (non-hydrogen) atoms. The number of phenolic OH excluding ortho intramolecular Hbond substituents is 1. The Kier molecular flexibility index (Phi) is 17.8. The van der Waals surface area contributed by atoms with Crippen LogP contribution in [0.4, 0.5) is 0 Å². The van der Waals surface area contributed by atoms with Crippen LogP contribution in [0.15, 0.2) is 34.8 Å². The second-order valence-electron chi connectivity index (χ2n) is 12.0. The summed E-state index contributed by atoms with van der Waals surface area (Å²) in [4.78, 5) is 0. The van der Waals surface area contributed by atoms with Gasteiger partial charge in [-0.15, -0.1) is 0 Å². The number of benzene rings is 2. The molecule has 1 heterocycles. The normalized spacial score (nSPS) is 21.8. The zero-order valence-electron chi connectivity index (χ0n) is 28.1. The highest BCUT2D eigenvalue weighted by Crippen LogP contribution is 2.46. The van der Waals surface area contributed by atoms with Gasteiger partial charge in [-0.1, -0.05) is 96.2 Å². The second-order valence-corrected chi connectivity index (χ2v) is 13.2. The number of unbranched alkanes of at least 4 members (excludes halogenated alkanes) is 4. The summed E-state index contributed by atoms with van der Waals surface area (Å²) in [5.74, 6) is 0.00534. The molecule has 0 aromatic heterocycles. The number of aryl methyl sites for hydroxylation is 1. The minimum absolute atomic E-state index is 0.00534. The summed E-state index contributed by atoms with van der Waals surface area (Å²) in [6.07, 6.45) is 7.37. The summed E-state index contributed by atoms with van der Waals surface area (Å²) < 4.78 is 33.5. The second kappa shape index (κ2) is 20.9. The molecule has 0 bridgehead atoms. The first-order valence-electron chi connectivity index (χ1n) is 17.2. The predicted molar refractivity (Wildman–Crippen MR) is 187 cm³/mol. The fraction of sp³-hybridized carbons (Fsp3) is 0.676. The molecule has 254 valence electrons. The van der Waals surface area contributed by atoms with E-state index in [1.807, 2.05) is 0 Å². The van der Waals surface area contributed by atoms with Crippen molar-refractivity contribution in [3.63, 3.8) is 0 Å². The molecule has 1 aliphatic rings. The highest BCUT2D eigenvalue weighted by molar-refractivity contribution is 9.10. The van der Waals surface area contributed by atoms with E-state index >= 15 is 0 Å². The van der Waals surface area contributed by atoms with Crippen LogP contribution in [0.2, 0.25) is 5.02 Å². The number of aromatic hydroxyl groups is 1. The zero-order valence-corrected chi connectivity index (χ0v) is 30.5. The number of hydrogen-bond donors (Lipinski definition) is 1. The maximum atomic E-state index is 11.3. The van der Waals surface area contributed by atoms with Crippen LogP contribution >= 0.6 is 27.5 Å². The molecule has 6 nitrogen and oxygen atoms in total. The molecule has 2 aromatic carbocycles. The minimum Gasteiger partial charge on any atom is -0.505 e. The average molecular weight is 712 g/mol. The summed E-state index contributed by atoms with van der Waals surface area (Å²) in [5.41, 5.74) is 4.01. The van der Waals surface area contributed by atoms with E-state index in [0.29, 0.717) is 49.0 Å². The van der Waals surface area contributed by atoms with E-state index in [2.05, 4.69) is 80.9 Å². The Hall–Kier alpha value is -1.19. The van der Waals surface area contributed by atoms with Gasteiger partial charge in [0.05, 0.1) is 16.1 Å². The van der Waals surface area contributed by atoms with E-state index in [-0.39, 0.29) is 24.1 Å². The molecular weight excluding hydrogens is 656 g/mol. The van der Waals surface area contributed by atoms with Gasteiger partial charge in [-0.25, -0.2) is 0 Å². The summed E-state index contributed by atoms with van der Waals surface area (Å²) >= 11 is 10.5. The molecule has 0 spiro atoms. The van der Waals surface area contributed by atoms with Gasteiger partial charge >= 0.3 is 0 Å². The Labute approximate surface area is 285 Å². The Balaban J connectivity index is 2.07. The summed E-state index contributed by atoms with van der Waals surface area (Å²) in [6.45, 7) is 13.6. The molecular formula is C37H56BrClO6. The van der Waals surface area contributed by atoms with Gasteiger partial charge in [-0.2, -0.15) is 0 Å². The van der Waals surface area contributed by atoms with Crippen molar-refractivity contribution in [2.24, 2.45) is 0 Å². The van der Waals surface area contributed by atoms with Gasteiger partial charge in [-0.05, 0) is 77.2 Å². The van der Waals surface area contributed by atoms with Crippen LogP contribution in [0.5, 0.6) is 5.75 Å². The maximum absolute atomic E-state index is 11.3. The molecule has 0 aliphatic carbocycles. The zero-order chi connectivity index (χ0) is 32.6. The van der Waals surface area contributed by atoms with E-state index in [1.165, 1.54) is 5.56 Å².